The van der Waals surface area contributed by atoms with E-state index in [9.17, 15) is 4.79 Å². The normalized spacial score (nSPS) is 34.4. The average molecular weight is 345 g/mol. The van der Waals surface area contributed by atoms with E-state index >= 15 is 0 Å². The fraction of sp³-hybridized carbons (Fsp3) is 0.562. The third-order valence-electron chi connectivity index (χ3n) is 5.41. The molecule has 103 valence electrons. The van der Waals surface area contributed by atoms with Gasteiger partial charge in [-0.15, -0.1) is 0 Å². The summed E-state index contributed by atoms with van der Waals surface area (Å²) in [5.41, 5.74) is 1.41. The van der Waals surface area contributed by atoms with Crippen LogP contribution in [-0.4, -0.2) is 13.8 Å². The van der Waals surface area contributed by atoms with Gasteiger partial charge >= 0.3 is 138 Å². The fourth-order valence-electron chi connectivity index (χ4n) is 4.32. The Morgan fingerprint density at radius 1 is 1.45 bits per heavy atom. The SMILES string of the molecule is B[C@@H]1CC2(CC)[CH2][Y][CH]1[C@@H]2C(=O)OCc1ccccc1. The summed E-state index contributed by atoms with van der Waals surface area (Å²) in [6, 6.07) is 10.0. The maximum atomic E-state index is 12.6. The van der Waals surface area contributed by atoms with Gasteiger partial charge in [0.1, 0.15) is 0 Å². The Kier molecular flexibility index (Phi) is 4.38. The second-order valence-corrected chi connectivity index (χ2v) is 10.5. The molecule has 2 unspecified atom stereocenters. The van der Waals surface area contributed by atoms with Gasteiger partial charge in [-0.1, -0.05) is 0 Å². The van der Waals surface area contributed by atoms with Crippen LogP contribution in [0.3, 0.4) is 0 Å². The van der Waals surface area contributed by atoms with Crippen molar-refractivity contribution in [3.05, 3.63) is 35.9 Å². The Morgan fingerprint density at radius 2 is 2.20 bits per heavy atom. The van der Waals surface area contributed by atoms with Gasteiger partial charge in [0, 0.05) is 0 Å². The second kappa shape index (κ2) is 5.93. The Labute approximate surface area is 137 Å². The molecule has 1 saturated heterocycles. The van der Waals surface area contributed by atoms with Crippen molar-refractivity contribution in [2.24, 2.45) is 11.3 Å². The van der Waals surface area contributed by atoms with Crippen LogP contribution in [0.15, 0.2) is 30.3 Å². The predicted octanol–water partition coefficient (Wildman–Crippen LogP) is 2.87. The molecule has 1 aliphatic carbocycles. The number of carbonyl (C=O) groups is 1. The Morgan fingerprint density at radius 3 is 2.85 bits per heavy atom. The first-order chi connectivity index (χ1) is 9.66. The summed E-state index contributed by atoms with van der Waals surface area (Å²) in [6.45, 7) is 2.70. The minimum absolute atomic E-state index is 0.0915. The van der Waals surface area contributed by atoms with E-state index in [1.807, 2.05) is 30.3 Å². The average Bonchev–Trinajstić information content (AvgIpc) is 2.98. The summed E-state index contributed by atoms with van der Waals surface area (Å²) in [7, 11) is 2.35. The summed E-state index contributed by atoms with van der Waals surface area (Å²) in [5, 5.41) is 0. The van der Waals surface area contributed by atoms with Gasteiger partial charge in [0.25, 0.3) is 0 Å². The van der Waals surface area contributed by atoms with Crippen molar-refractivity contribution in [1.29, 1.82) is 0 Å². The molecule has 4 heteroatoms. The summed E-state index contributed by atoms with van der Waals surface area (Å²) < 4.78 is 7.81. The topological polar surface area (TPSA) is 26.3 Å². The van der Waals surface area contributed by atoms with E-state index in [-0.39, 0.29) is 11.9 Å². The van der Waals surface area contributed by atoms with E-state index in [0.717, 1.165) is 20.5 Å². The van der Waals surface area contributed by atoms with Crippen molar-refractivity contribution in [3.8, 4) is 0 Å². The van der Waals surface area contributed by atoms with Crippen LogP contribution in [0, 0.1) is 11.3 Å². The minimum atomic E-state index is -0.553. The molecule has 0 radical (unpaired) electrons. The standard InChI is InChI=1S/C16H21BO2.Y/c1-3-16(2)10-13(17)9-14(16)15(18)19-11-12-7-5-4-6-8-12;/h4-9,13-14H,2-3,10-11,17H2,1H3;/t13-,14+,16?;/m0./s1. The van der Waals surface area contributed by atoms with Crippen LogP contribution < -0.4 is 0 Å². The summed E-state index contributed by atoms with van der Waals surface area (Å²) >= 11 is -0.553. The molecular weight excluding hydrogens is 324 g/mol. The van der Waals surface area contributed by atoms with Crippen molar-refractivity contribution in [2.75, 3.05) is 0 Å². The fourth-order valence-corrected chi connectivity index (χ4v) is 11.4. The van der Waals surface area contributed by atoms with Gasteiger partial charge in [-0.25, -0.2) is 0 Å². The molecule has 0 spiro atoms. The van der Waals surface area contributed by atoms with Gasteiger partial charge in [-0.2, -0.15) is 0 Å². The molecule has 0 amide bonds. The van der Waals surface area contributed by atoms with Gasteiger partial charge < -0.3 is 0 Å². The van der Waals surface area contributed by atoms with Crippen LogP contribution in [0.2, 0.25) is 11.8 Å². The Bertz CT molecular complexity index is 493. The molecule has 4 atom stereocenters. The second-order valence-electron chi connectivity index (χ2n) is 6.49. The Hall–Kier alpha value is -0.141. The zero-order valence-corrected chi connectivity index (χ0v) is 15.2. The molecule has 2 bridgehead atoms. The van der Waals surface area contributed by atoms with E-state index < -0.39 is 29.2 Å². The quantitative estimate of drug-likeness (QED) is 0.620. The maximum absolute atomic E-state index is 12.6. The van der Waals surface area contributed by atoms with Gasteiger partial charge in [0.15, 0.2) is 0 Å². The summed E-state index contributed by atoms with van der Waals surface area (Å²) in [4.78, 5) is 12.6. The molecule has 0 N–H and O–H groups in total. The van der Waals surface area contributed by atoms with Gasteiger partial charge in [0.2, 0.25) is 0 Å². The van der Waals surface area contributed by atoms with E-state index in [2.05, 4.69) is 14.8 Å². The molecule has 1 heterocycles. The number of ether oxygens (including phenoxy) is 1. The molecule has 2 nitrogen and oxygen atoms in total. The number of fused-ring (bicyclic) bond motifs is 2. The predicted molar refractivity (Wildman–Crippen MR) is 77.9 cm³/mol. The third-order valence-corrected chi connectivity index (χ3v) is 11.9. The summed E-state index contributed by atoms with van der Waals surface area (Å²) in [5.74, 6) is 1.08. The van der Waals surface area contributed by atoms with Crippen LogP contribution in [-0.2, 0) is 45.3 Å². The van der Waals surface area contributed by atoms with Crippen molar-refractivity contribution in [2.45, 2.75) is 38.1 Å². The third kappa shape index (κ3) is 2.52. The number of carbonyl (C=O) groups excluding carboxylic acids is 1. The van der Waals surface area contributed by atoms with Crippen molar-refractivity contribution in [1.82, 2.24) is 0 Å². The van der Waals surface area contributed by atoms with E-state index in [1.54, 1.807) is 0 Å². The van der Waals surface area contributed by atoms with Crippen molar-refractivity contribution in [3.63, 3.8) is 0 Å². The monoisotopic (exact) mass is 345 g/mol. The van der Waals surface area contributed by atoms with Gasteiger partial charge in [-0.3, -0.25) is 0 Å². The van der Waals surface area contributed by atoms with Crippen LogP contribution in [0.25, 0.3) is 0 Å². The van der Waals surface area contributed by atoms with Crippen LogP contribution in [0.5, 0.6) is 0 Å². The number of hydrogen-bond donors (Lipinski definition) is 0. The van der Waals surface area contributed by atoms with Crippen molar-refractivity contribution >= 4 is 13.8 Å². The van der Waals surface area contributed by atoms with Crippen LogP contribution in [0.1, 0.15) is 25.3 Å². The molecule has 3 rings (SSSR count). The van der Waals surface area contributed by atoms with E-state index in [1.165, 1.54) is 9.65 Å². The number of esters is 1. The first kappa shape index (κ1) is 14.8. The van der Waals surface area contributed by atoms with Gasteiger partial charge in [-0.05, 0) is 0 Å². The first-order valence-electron chi connectivity index (χ1n) is 7.70. The molecule has 1 aromatic rings. The number of benzene rings is 1. The number of rotatable bonds is 4. The van der Waals surface area contributed by atoms with E-state index in [0.29, 0.717) is 12.0 Å². The Balaban J connectivity index is 1.68. The first-order valence-corrected chi connectivity index (χ1v) is 11.3. The number of hydrogen-bond acceptors (Lipinski definition) is 2. The van der Waals surface area contributed by atoms with Crippen LogP contribution >= 0.6 is 0 Å². The zero-order chi connectivity index (χ0) is 14.2. The zero-order valence-electron chi connectivity index (χ0n) is 12.3. The molecule has 0 aromatic heterocycles. The molecule has 1 saturated carbocycles. The molecule has 2 aliphatic rings. The molecule has 1 aliphatic heterocycles. The molecule has 20 heavy (non-hydrogen) atoms. The van der Waals surface area contributed by atoms with Crippen LogP contribution in [0.4, 0.5) is 0 Å². The van der Waals surface area contributed by atoms with Gasteiger partial charge in [0.05, 0.1) is 0 Å². The van der Waals surface area contributed by atoms with Crippen molar-refractivity contribution < 1.29 is 38.7 Å². The molecule has 1 aromatic carbocycles. The molecule has 2 fully saturated rings. The molecular formula is C16H21BO2Y. The van der Waals surface area contributed by atoms with E-state index in [4.69, 9.17) is 4.74 Å². The summed E-state index contributed by atoms with van der Waals surface area (Å²) in [6.07, 6.45) is 2.41.